The van der Waals surface area contributed by atoms with Gasteiger partial charge in [0, 0.05) is 49.7 Å². The molecule has 0 aliphatic rings. The first kappa shape index (κ1) is 24.2. The van der Waals surface area contributed by atoms with Gasteiger partial charge in [-0.25, -0.2) is 9.18 Å². The van der Waals surface area contributed by atoms with Gasteiger partial charge in [-0.2, -0.15) is 0 Å². The summed E-state index contributed by atoms with van der Waals surface area (Å²) in [6.07, 6.45) is 0.824. The summed E-state index contributed by atoms with van der Waals surface area (Å²) in [4.78, 5) is 29.1. The lowest BCUT2D eigenvalue weighted by Crippen LogP contribution is -2.48. The summed E-state index contributed by atoms with van der Waals surface area (Å²) in [5.41, 5.74) is 2.35. The summed E-state index contributed by atoms with van der Waals surface area (Å²) in [5.74, 6) is -0.852. The van der Waals surface area contributed by atoms with Gasteiger partial charge in [0.2, 0.25) is 0 Å². The summed E-state index contributed by atoms with van der Waals surface area (Å²) in [7, 11) is 3.87. The van der Waals surface area contributed by atoms with Crippen LogP contribution in [0.4, 0.5) is 20.6 Å². The van der Waals surface area contributed by atoms with E-state index in [0.29, 0.717) is 18.8 Å². The molecule has 7 heteroatoms. The van der Waals surface area contributed by atoms with E-state index in [2.05, 4.69) is 10.6 Å². The Hall–Kier alpha value is -3.09. The van der Waals surface area contributed by atoms with E-state index in [9.17, 15) is 14.0 Å². The molecule has 0 unspecified atom stereocenters. The highest BCUT2D eigenvalue weighted by atomic mass is 19.1. The number of carbonyl (C=O) groups is 2. The van der Waals surface area contributed by atoms with E-state index in [1.807, 2.05) is 58.8 Å². The molecule has 6 nitrogen and oxygen atoms in total. The lowest BCUT2D eigenvalue weighted by Gasteiger charge is -2.30. The molecule has 0 radical (unpaired) electrons. The molecule has 0 aromatic heterocycles. The van der Waals surface area contributed by atoms with Gasteiger partial charge in [0.05, 0.1) is 0 Å². The Labute approximate surface area is 184 Å². The van der Waals surface area contributed by atoms with E-state index < -0.39 is 5.82 Å². The number of nitrogens with one attached hydrogen (secondary N) is 2. The van der Waals surface area contributed by atoms with E-state index in [4.69, 9.17) is 0 Å². The highest BCUT2D eigenvalue weighted by Crippen LogP contribution is 2.25. The largest absolute Gasteiger partial charge is 0.377 e. The van der Waals surface area contributed by atoms with Crippen LogP contribution in [0.1, 0.15) is 50.0 Å². The van der Waals surface area contributed by atoms with Crippen LogP contribution in [-0.4, -0.2) is 43.0 Å². The van der Waals surface area contributed by atoms with E-state index in [1.165, 1.54) is 18.2 Å². The zero-order valence-corrected chi connectivity index (χ0v) is 19.3. The molecule has 0 spiro atoms. The number of rotatable bonds is 7. The smallest absolute Gasteiger partial charge is 0.318 e. The van der Waals surface area contributed by atoms with Crippen molar-refractivity contribution in [2.24, 2.45) is 0 Å². The van der Waals surface area contributed by atoms with Crippen LogP contribution in [-0.2, 0) is 6.54 Å². The molecule has 0 saturated carbocycles. The zero-order valence-electron chi connectivity index (χ0n) is 19.3. The second-order valence-electron chi connectivity index (χ2n) is 8.80. The van der Waals surface area contributed by atoms with Crippen molar-refractivity contribution < 1.29 is 14.0 Å². The van der Waals surface area contributed by atoms with Crippen molar-refractivity contribution in [3.63, 3.8) is 0 Å². The molecule has 2 N–H and O–H groups in total. The molecule has 2 rings (SSSR count). The molecule has 0 aliphatic carbocycles. The van der Waals surface area contributed by atoms with Crippen LogP contribution in [0.3, 0.4) is 0 Å². The molecule has 0 aliphatic heterocycles. The molecule has 0 fully saturated rings. The first-order chi connectivity index (χ1) is 14.5. The van der Waals surface area contributed by atoms with E-state index in [-0.39, 0.29) is 23.0 Å². The zero-order chi connectivity index (χ0) is 23.2. The molecule has 0 saturated heterocycles. The number of hydrogen-bond acceptors (Lipinski definition) is 3. The molecule has 2 aromatic rings. The Bertz CT molecular complexity index is 922. The van der Waals surface area contributed by atoms with E-state index >= 15 is 0 Å². The van der Waals surface area contributed by atoms with Crippen LogP contribution >= 0.6 is 0 Å². The number of hydrogen-bond donors (Lipinski definition) is 2. The third-order valence-corrected chi connectivity index (χ3v) is 4.53. The lowest BCUT2D eigenvalue weighted by atomic mass is 10.1. The summed E-state index contributed by atoms with van der Waals surface area (Å²) < 4.78 is 13.5. The minimum Gasteiger partial charge on any atom is -0.377 e. The predicted octanol–water partition coefficient (Wildman–Crippen LogP) is 4.86. The fourth-order valence-electron chi connectivity index (χ4n) is 3.19. The van der Waals surface area contributed by atoms with Gasteiger partial charge in [0.15, 0.2) is 0 Å². The maximum atomic E-state index is 13.5. The highest BCUT2D eigenvalue weighted by molar-refractivity contribution is 6.04. The Morgan fingerprint density at radius 3 is 2.35 bits per heavy atom. The molecule has 168 valence electrons. The number of urea groups is 1. The predicted molar refractivity (Wildman–Crippen MR) is 124 cm³/mol. The van der Waals surface area contributed by atoms with Crippen molar-refractivity contribution in [3.8, 4) is 0 Å². The second-order valence-corrected chi connectivity index (χ2v) is 8.80. The molecule has 2 aromatic carbocycles. The number of amides is 3. The van der Waals surface area contributed by atoms with Crippen LogP contribution in [0.15, 0.2) is 42.5 Å². The normalized spacial score (nSPS) is 11.1. The van der Waals surface area contributed by atoms with E-state index in [1.54, 1.807) is 17.0 Å². The van der Waals surface area contributed by atoms with Gasteiger partial charge in [-0.3, -0.25) is 4.79 Å². The summed E-state index contributed by atoms with van der Waals surface area (Å²) in [5, 5.41) is 5.84. The van der Waals surface area contributed by atoms with Crippen LogP contribution in [0.25, 0.3) is 0 Å². The number of halogens is 1. The Morgan fingerprint density at radius 2 is 1.77 bits per heavy atom. The standard InChI is InChI=1S/C24H33FN4O2/c1-7-13-29(23(31)27-24(2,3)4)16-18-15-20(11-12-21(18)28(5)6)26-22(30)17-9-8-10-19(25)14-17/h8-12,14-15H,7,13,16H2,1-6H3,(H,26,30)(H,27,31). The minimum atomic E-state index is -0.462. The molecular formula is C24H33FN4O2. The molecule has 0 atom stereocenters. The molecule has 0 heterocycles. The summed E-state index contributed by atoms with van der Waals surface area (Å²) >= 11 is 0. The number of carbonyl (C=O) groups excluding carboxylic acids is 2. The SMILES string of the molecule is CCCN(Cc1cc(NC(=O)c2cccc(F)c2)ccc1N(C)C)C(=O)NC(C)(C)C. The van der Waals surface area contributed by atoms with Gasteiger partial charge < -0.3 is 20.4 Å². The van der Waals surface area contributed by atoms with Crippen molar-refractivity contribution in [1.29, 1.82) is 0 Å². The number of benzene rings is 2. The van der Waals surface area contributed by atoms with Crippen molar-refractivity contribution in [2.75, 3.05) is 30.9 Å². The number of nitrogens with zero attached hydrogens (tertiary/aromatic N) is 2. The van der Waals surface area contributed by atoms with Gasteiger partial charge >= 0.3 is 6.03 Å². The quantitative estimate of drug-likeness (QED) is 0.662. The highest BCUT2D eigenvalue weighted by Gasteiger charge is 2.21. The fraction of sp³-hybridized carbons (Fsp3) is 0.417. The topological polar surface area (TPSA) is 64.7 Å². The van der Waals surface area contributed by atoms with Gasteiger partial charge in [-0.05, 0) is 69.2 Å². The Morgan fingerprint density at radius 1 is 1.06 bits per heavy atom. The second kappa shape index (κ2) is 10.3. The average Bonchev–Trinajstić information content (AvgIpc) is 2.66. The maximum absolute atomic E-state index is 13.5. The van der Waals surface area contributed by atoms with Crippen LogP contribution in [0.2, 0.25) is 0 Å². The lowest BCUT2D eigenvalue weighted by molar-refractivity contribution is 0.102. The first-order valence-corrected chi connectivity index (χ1v) is 10.4. The summed E-state index contributed by atoms with van der Waals surface area (Å²) in [6, 6.07) is 11.0. The Balaban J connectivity index is 2.29. The van der Waals surface area contributed by atoms with Gasteiger partial charge in [0.1, 0.15) is 5.82 Å². The minimum absolute atomic E-state index is 0.131. The molecular weight excluding hydrogens is 395 g/mol. The van der Waals surface area contributed by atoms with Crippen LogP contribution in [0, 0.1) is 5.82 Å². The average molecular weight is 429 g/mol. The maximum Gasteiger partial charge on any atom is 0.318 e. The molecule has 0 bridgehead atoms. The van der Waals surface area contributed by atoms with E-state index in [0.717, 1.165) is 17.7 Å². The van der Waals surface area contributed by atoms with Crippen LogP contribution in [0.5, 0.6) is 0 Å². The van der Waals surface area contributed by atoms with Gasteiger partial charge in [0.25, 0.3) is 5.91 Å². The van der Waals surface area contributed by atoms with Crippen molar-refractivity contribution in [1.82, 2.24) is 10.2 Å². The van der Waals surface area contributed by atoms with Crippen molar-refractivity contribution in [2.45, 2.75) is 46.2 Å². The molecule has 3 amide bonds. The monoisotopic (exact) mass is 428 g/mol. The molecule has 31 heavy (non-hydrogen) atoms. The van der Waals surface area contributed by atoms with Gasteiger partial charge in [-0.15, -0.1) is 0 Å². The number of anilines is 2. The third kappa shape index (κ3) is 7.27. The van der Waals surface area contributed by atoms with Crippen molar-refractivity contribution >= 4 is 23.3 Å². The van der Waals surface area contributed by atoms with Gasteiger partial charge in [-0.1, -0.05) is 13.0 Å². The Kier molecular flexibility index (Phi) is 8.02. The summed E-state index contributed by atoms with van der Waals surface area (Å²) in [6.45, 7) is 8.87. The third-order valence-electron chi connectivity index (χ3n) is 4.53. The van der Waals surface area contributed by atoms with Crippen molar-refractivity contribution in [3.05, 3.63) is 59.4 Å². The first-order valence-electron chi connectivity index (χ1n) is 10.4. The fourth-order valence-corrected chi connectivity index (χ4v) is 3.19. The van der Waals surface area contributed by atoms with Crippen LogP contribution < -0.4 is 15.5 Å².